The van der Waals surface area contributed by atoms with Gasteiger partial charge in [-0.2, -0.15) is 0 Å². The summed E-state index contributed by atoms with van der Waals surface area (Å²) in [5.74, 6) is 0.274. The number of nitrogens with one attached hydrogen (secondary N) is 2. The van der Waals surface area contributed by atoms with Gasteiger partial charge in [-0.3, -0.25) is 15.1 Å². The number of hydrogen-bond donors (Lipinski definition) is 2. The van der Waals surface area contributed by atoms with Crippen LogP contribution in [0.15, 0.2) is 52.1 Å². The third-order valence-electron chi connectivity index (χ3n) is 4.14. The van der Waals surface area contributed by atoms with Gasteiger partial charge in [0.2, 0.25) is 0 Å². The quantitative estimate of drug-likeness (QED) is 0.589. The highest BCUT2D eigenvalue weighted by Gasteiger charge is 2.32. The van der Waals surface area contributed by atoms with Crippen molar-refractivity contribution in [1.29, 1.82) is 0 Å². The van der Waals surface area contributed by atoms with Crippen LogP contribution in [0.3, 0.4) is 0 Å². The Hall–Kier alpha value is -2.55. The fourth-order valence-electron chi connectivity index (χ4n) is 2.87. The van der Waals surface area contributed by atoms with Crippen LogP contribution < -0.4 is 10.6 Å². The van der Waals surface area contributed by atoms with Gasteiger partial charge in [-0.25, -0.2) is 4.79 Å². The molecule has 2 N–H and O–H groups in total. The zero-order valence-corrected chi connectivity index (χ0v) is 19.9. The van der Waals surface area contributed by atoms with Crippen molar-refractivity contribution in [1.82, 2.24) is 5.32 Å². The van der Waals surface area contributed by atoms with Crippen molar-refractivity contribution in [2.75, 3.05) is 23.9 Å². The van der Waals surface area contributed by atoms with Gasteiger partial charge in [0, 0.05) is 5.69 Å². The maximum absolute atomic E-state index is 12.2. The number of rotatable bonds is 3. The molecule has 3 rings (SSSR count). The Balaban J connectivity index is 0.00000114. The molecule has 0 saturated heterocycles. The molecule has 2 aromatic rings. The fourth-order valence-corrected chi connectivity index (χ4v) is 2.87. The molecular weight excluding hydrogens is 457 g/mol. The Morgan fingerprint density at radius 3 is 2.53 bits per heavy atom. The third kappa shape index (κ3) is 7.85. The second kappa shape index (κ2) is 11.4. The minimum absolute atomic E-state index is 0.184. The van der Waals surface area contributed by atoms with Gasteiger partial charge in [0.1, 0.15) is 23.6 Å². The predicted molar refractivity (Wildman–Crippen MR) is 125 cm³/mol. The summed E-state index contributed by atoms with van der Waals surface area (Å²) in [5.41, 5.74) is 0.100. The number of anilines is 1. The van der Waals surface area contributed by atoms with Crippen LogP contribution in [0.25, 0.3) is 0 Å². The van der Waals surface area contributed by atoms with E-state index in [4.69, 9.17) is 37.1 Å². The van der Waals surface area contributed by atoms with E-state index in [0.717, 1.165) is 5.56 Å². The van der Waals surface area contributed by atoms with E-state index >= 15 is 0 Å². The molecule has 0 saturated carbocycles. The molecule has 0 radical (unpaired) electrons. The van der Waals surface area contributed by atoms with Crippen LogP contribution in [-0.2, 0) is 15.0 Å². The van der Waals surface area contributed by atoms with Crippen LogP contribution in [-0.4, -0.2) is 42.0 Å². The van der Waals surface area contributed by atoms with Gasteiger partial charge in [-0.1, -0.05) is 12.1 Å². The molecule has 10 heteroatoms. The number of alkyl halides is 2. The van der Waals surface area contributed by atoms with E-state index in [9.17, 15) is 9.59 Å². The molecule has 1 atom stereocenters. The number of amidine groups is 1. The molecule has 1 aromatic carbocycles. The van der Waals surface area contributed by atoms with Crippen molar-refractivity contribution in [3.05, 3.63) is 54.0 Å². The molecule has 0 aliphatic carbocycles. The zero-order chi connectivity index (χ0) is 23.8. The van der Waals surface area contributed by atoms with Crippen molar-refractivity contribution < 1.29 is 23.5 Å². The van der Waals surface area contributed by atoms with Crippen LogP contribution in [0.5, 0.6) is 0 Å². The van der Waals surface area contributed by atoms with Crippen LogP contribution in [0.2, 0.25) is 0 Å². The van der Waals surface area contributed by atoms with E-state index in [0.29, 0.717) is 18.1 Å². The molecule has 1 aliphatic rings. The van der Waals surface area contributed by atoms with Crippen LogP contribution in [0, 0.1) is 0 Å². The molecule has 174 valence electrons. The molecule has 2 heterocycles. The van der Waals surface area contributed by atoms with Gasteiger partial charge in [0.05, 0.1) is 18.2 Å². The first-order valence-corrected chi connectivity index (χ1v) is 10.9. The first kappa shape index (κ1) is 25.7. The van der Waals surface area contributed by atoms with Crippen molar-refractivity contribution in [3.63, 3.8) is 0 Å². The Morgan fingerprint density at radius 1 is 1.19 bits per heavy atom. The minimum atomic E-state index is -0.728. The largest absolute Gasteiger partial charge is 0.459 e. The molecular formula is C22H27Cl2N3O5. The third-order valence-corrected chi connectivity index (χ3v) is 4.14. The summed E-state index contributed by atoms with van der Waals surface area (Å²) in [5, 5.41) is 5.64. The second-order valence-electron chi connectivity index (χ2n) is 8.07. The molecule has 8 nitrogen and oxygen atoms in total. The van der Waals surface area contributed by atoms with Gasteiger partial charge < -0.3 is 19.2 Å². The number of ether oxygens (including phenoxy) is 2. The van der Waals surface area contributed by atoms with Gasteiger partial charge in [-0.15, -0.1) is 23.2 Å². The zero-order valence-electron chi connectivity index (χ0n) is 18.4. The normalized spacial score (nSPS) is 18.0. The summed E-state index contributed by atoms with van der Waals surface area (Å²) in [6.45, 7) is 7.79. The second-order valence-corrected chi connectivity index (χ2v) is 8.87. The first-order chi connectivity index (χ1) is 15.1. The number of furan rings is 1. The van der Waals surface area contributed by atoms with Crippen molar-refractivity contribution >= 4 is 46.7 Å². The van der Waals surface area contributed by atoms with E-state index in [1.54, 1.807) is 39.0 Å². The number of carbonyl (C=O) groups is 2. The maximum atomic E-state index is 12.2. The van der Waals surface area contributed by atoms with Gasteiger partial charge in [0.15, 0.2) is 5.76 Å². The lowest BCUT2D eigenvalue weighted by Crippen LogP contribution is -2.44. The molecule has 2 amide bonds. The monoisotopic (exact) mass is 483 g/mol. The lowest BCUT2D eigenvalue weighted by atomic mass is 9.92. The Bertz CT molecular complexity index is 941. The number of nitrogens with zero attached hydrogens (tertiary/aromatic N) is 1. The minimum Gasteiger partial charge on any atom is -0.459 e. The van der Waals surface area contributed by atoms with E-state index in [-0.39, 0.29) is 23.6 Å². The van der Waals surface area contributed by atoms with E-state index < -0.39 is 17.2 Å². The van der Waals surface area contributed by atoms with Crippen LogP contribution >= 0.6 is 23.2 Å². The van der Waals surface area contributed by atoms with Crippen LogP contribution in [0.4, 0.5) is 10.5 Å². The van der Waals surface area contributed by atoms with Crippen LogP contribution in [0.1, 0.15) is 43.8 Å². The predicted octanol–water partition coefficient (Wildman–Crippen LogP) is 5.12. The average Bonchev–Trinajstić information content (AvgIpc) is 3.22. The smallest absolute Gasteiger partial charge is 0.413 e. The molecule has 1 aromatic heterocycles. The number of aliphatic imine (C=N–C) groups is 1. The first-order valence-electron chi connectivity index (χ1n) is 9.80. The van der Waals surface area contributed by atoms with Crippen molar-refractivity contribution in [2.45, 2.75) is 38.8 Å². The average molecular weight is 484 g/mol. The highest BCUT2D eigenvalue weighted by atomic mass is 35.5. The van der Waals surface area contributed by atoms with E-state index in [1.165, 1.54) is 6.26 Å². The standard InChI is InChI=1S/C21H25N3O5.CH2Cl2/c1-20(2,3)29-19(26)23-17-12-27-13-21(4,24-17)14-7-5-8-15(11-14)22-18(25)16-9-6-10-28-16;2-1-3/h5-11H,12-13H2,1-4H3,(H,22,25)(H,23,24,26);1H2. The number of carbonyl (C=O) groups excluding carboxylic acids is 2. The van der Waals surface area contributed by atoms with Gasteiger partial charge in [0.25, 0.3) is 5.91 Å². The Kier molecular flexibility index (Phi) is 9.12. The molecule has 1 aliphatic heterocycles. The fraction of sp³-hybridized carbons (Fsp3) is 0.409. The summed E-state index contributed by atoms with van der Waals surface area (Å²) >= 11 is 9.53. The van der Waals surface area contributed by atoms with E-state index in [2.05, 4.69) is 15.6 Å². The summed E-state index contributed by atoms with van der Waals surface area (Å²) < 4.78 is 16.0. The maximum Gasteiger partial charge on any atom is 0.413 e. The number of amides is 2. The number of hydrogen-bond acceptors (Lipinski definition) is 6. The lowest BCUT2D eigenvalue weighted by molar-refractivity contribution is 0.0543. The summed E-state index contributed by atoms with van der Waals surface area (Å²) in [7, 11) is 0. The van der Waals surface area contributed by atoms with Gasteiger partial charge in [-0.05, 0) is 57.5 Å². The Morgan fingerprint density at radius 2 is 1.91 bits per heavy atom. The lowest BCUT2D eigenvalue weighted by Gasteiger charge is -2.31. The highest BCUT2D eigenvalue weighted by Crippen LogP contribution is 2.30. The SMILES string of the molecule is CC(C)(C)OC(=O)NC1=NC(C)(c2cccc(NC(=O)c3ccco3)c2)COC1.ClCCl. The molecule has 0 bridgehead atoms. The summed E-state index contributed by atoms with van der Waals surface area (Å²) in [6.07, 6.45) is 0.864. The number of alkyl carbamates (subject to hydrolysis) is 1. The molecule has 32 heavy (non-hydrogen) atoms. The topological polar surface area (TPSA) is 102 Å². The van der Waals surface area contributed by atoms with Crippen molar-refractivity contribution in [3.8, 4) is 0 Å². The van der Waals surface area contributed by atoms with Crippen molar-refractivity contribution in [2.24, 2.45) is 4.99 Å². The molecule has 0 spiro atoms. The number of benzene rings is 1. The molecule has 0 fully saturated rings. The Labute approximate surface area is 197 Å². The summed E-state index contributed by atoms with van der Waals surface area (Å²) in [6, 6.07) is 10.6. The summed E-state index contributed by atoms with van der Waals surface area (Å²) in [4.78, 5) is 28.9. The van der Waals surface area contributed by atoms with E-state index in [1.807, 2.05) is 25.1 Å². The van der Waals surface area contributed by atoms with Gasteiger partial charge >= 0.3 is 6.09 Å². The molecule has 1 unspecified atom stereocenters. The highest BCUT2D eigenvalue weighted by molar-refractivity contribution is 6.40. The number of halogens is 2.